The first kappa shape index (κ1) is 22.2. The van der Waals surface area contributed by atoms with Crippen LogP contribution in [0.4, 0.5) is 18.9 Å². The van der Waals surface area contributed by atoms with E-state index in [4.69, 9.17) is 4.74 Å². The van der Waals surface area contributed by atoms with Crippen molar-refractivity contribution in [2.24, 2.45) is 7.05 Å². The first-order valence-corrected chi connectivity index (χ1v) is 11.3. The minimum absolute atomic E-state index is 0.0110. The van der Waals surface area contributed by atoms with Gasteiger partial charge in [0.1, 0.15) is 12.2 Å². The SMILES string of the molecule is [CH2]c1cc2c(c(C(F)(F)F)c1)CN(c1cccc(C3(c4nncn4C)CN(C4COC4)C3)c1)C2=O. The second kappa shape index (κ2) is 7.63. The number of carbonyl (C=O) groups excluding carboxylic acids is 1. The highest BCUT2D eigenvalue weighted by atomic mass is 19.4. The number of alkyl halides is 3. The number of carbonyl (C=O) groups is 1. The van der Waals surface area contributed by atoms with Gasteiger partial charge in [-0.05, 0) is 47.9 Å². The number of ether oxygens (including phenoxy) is 1. The molecule has 1 radical (unpaired) electrons. The van der Waals surface area contributed by atoms with Crippen LogP contribution in [-0.4, -0.2) is 57.9 Å². The molecule has 6 rings (SSSR count). The molecule has 4 heterocycles. The topological polar surface area (TPSA) is 63.5 Å². The summed E-state index contributed by atoms with van der Waals surface area (Å²) in [4.78, 5) is 17.0. The molecule has 2 saturated heterocycles. The van der Waals surface area contributed by atoms with Crippen LogP contribution in [0, 0.1) is 6.92 Å². The number of hydrogen-bond donors (Lipinski definition) is 0. The molecular weight excluding hydrogens is 459 g/mol. The van der Waals surface area contributed by atoms with Gasteiger partial charge in [-0.15, -0.1) is 10.2 Å². The average molecular weight is 482 g/mol. The van der Waals surface area contributed by atoms with Crippen molar-refractivity contribution in [3.8, 4) is 0 Å². The third kappa shape index (κ3) is 3.38. The van der Waals surface area contributed by atoms with E-state index in [-0.39, 0.29) is 23.2 Å². The van der Waals surface area contributed by atoms with Gasteiger partial charge in [0.05, 0.1) is 36.8 Å². The van der Waals surface area contributed by atoms with Gasteiger partial charge in [-0.3, -0.25) is 9.69 Å². The Morgan fingerprint density at radius 1 is 1.17 bits per heavy atom. The number of fused-ring (bicyclic) bond motifs is 1. The minimum Gasteiger partial charge on any atom is -0.378 e. The van der Waals surface area contributed by atoms with Crippen molar-refractivity contribution in [3.05, 3.63) is 83.3 Å². The maximum atomic E-state index is 13.7. The molecule has 3 aromatic rings. The third-order valence-corrected chi connectivity index (χ3v) is 7.34. The van der Waals surface area contributed by atoms with E-state index in [0.717, 1.165) is 17.5 Å². The maximum Gasteiger partial charge on any atom is 0.416 e. The van der Waals surface area contributed by atoms with E-state index in [1.165, 1.54) is 11.0 Å². The molecule has 7 nitrogen and oxygen atoms in total. The van der Waals surface area contributed by atoms with Crippen LogP contribution in [-0.2, 0) is 29.9 Å². The lowest BCUT2D eigenvalue weighted by molar-refractivity contribution is -0.138. The summed E-state index contributed by atoms with van der Waals surface area (Å²) < 4.78 is 48.3. The minimum atomic E-state index is -4.56. The summed E-state index contributed by atoms with van der Waals surface area (Å²) in [6.45, 7) is 6.33. The number of aromatic nitrogens is 3. The van der Waals surface area contributed by atoms with E-state index in [9.17, 15) is 18.0 Å². The molecule has 0 spiro atoms. The van der Waals surface area contributed by atoms with E-state index in [2.05, 4.69) is 22.0 Å². The molecule has 3 aliphatic rings. The lowest BCUT2D eigenvalue weighted by Gasteiger charge is -2.54. The van der Waals surface area contributed by atoms with Gasteiger partial charge in [0.2, 0.25) is 0 Å². The van der Waals surface area contributed by atoms with Crippen LogP contribution in [0.3, 0.4) is 0 Å². The molecule has 181 valence electrons. The van der Waals surface area contributed by atoms with Gasteiger partial charge in [0.25, 0.3) is 5.91 Å². The normalized spacial score (nSPS) is 20.0. The van der Waals surface area contributed by atoms with Crippen molar-refractivity contribution >= 4 is 11.6 Å². The Morgan fingerprint density at radius 2 is 1.94 bits per heavy atom. The number of anilines is 1. The molecule has 0 N–H and O–H groups in total. The zero-order valence-corrected chi connectivity index (χ0v) is 19.0. The van der Waals surface area contributed by atoms with E-state index in [1.54, 1.807) is 12.4 Å². The predicted octanol–water partition coefficient (Wildman–Crippen LogP) is 3.18. The second-order valence-corrected chi connectivity index (χ2v) is 9.55. The maximum absolute atomic E-state index is 13.7. The fraction of sp³-hybridized carbons (Fsp3) is 0.360. The summed E-state index contributed by atoms with van der Waals surface area (Å²) in [5, 5.41) is 8.46. The fourth-order valence-corrected chi connectivity index (χ4v) is 5.41. The summed E-state index contributed by atoms with van der Waals surface area (Å²) in [6, 6.07) is 10.3. The van der Waals surface area contributed by atoms with E-state index >= 15 is 0 Å². The Morgan fingerprint density at radius 3 is 2.57 bits per heavy atom. The third-order valence-electron chi connectivity index (χ3n) is 7.34. The second-order valence-electron chi connectivity index (χ2n) is 9.55. The number of nitrogens with zero attached hydrogens (tertiary/aromatic N) is 5. The van der Waals surface area contributed by atoms with Crippen molar-refractivity contribution in [2.75, 3.05) is 31.2 Å². The van der Waals surface area contributed by atoms with Crippen molar-refractivity contribution in [1.82, 2.24) is 19.7 Å². The van der Waals surface area contributed by atoms with Gasteiger partial charge < -0.3 is 14.2 Å². The molecular formula is C25H23F3N5O2. The van der Waals surface area contributed by atoms with Gasteiger partial charge in [-0.1, -0.05) is 12.1 Å². The molecule has 3 aliphatic heterocycles. The van der Waals surface area contributed by atoms with Crippen LogP contribution < -0.4 is 4.90 Å². The van der Waals surface area contributed by atoms with Crippen molar-refractivity contribution < 1.29 is 22.7 Å². The molecule has 10 heteroatoms. The largest absolute Gasteiger partial charge is 0.416 e. The first-order chi connectivity index (χ1) is 16.7. The molecule has 35 heavy (non-hydrogen) atoms. The number of halogens is 3. The molecule has 2 aromatic carbocycles. The van der Waals surface area contributed by atoms with Gasteiger partial charge in [-0.2, -0.15) is 13.2 Å². The average Bonchev–Trinajstić information content (AvgIpc) is 3.31. The zero-order valence-electron chi connectivity index (χ0n) is 19.0. The number of hydrogen-bond acceptors (Lipinski definition) is 5. The summed E-state index contributed by atoms with van der Waals surface area (Å²) >= 11 is 0. The number of likely N-dealkylation sites (tertiary alicyclic amines) is 1. The zero-order chi connectivity index (χ0) is 24.5. The molecule has 1 aromatic heterocycles. The molecule has 2 fully saturated rings. The van der Waals surface area contributed by atoms with Gasteiger partial charge in [0.15, 0.2) is 0 Å². The number of aryl methyl sites for hydroxylation is 1. The number of rotatable bonds is 4. The summed E-state index contributed by atoms with van der Waals surface area (Å²) in [6.07, 6.45) is -2.91. The van der Waals surface area contributed by atoms with Crippen LogP contribution in [0.25, 0.3) is 0 Å². The van der Waals surface area contributed by atoms with Crippen molar-refractivity contribution in [1.29, 1.82) is 0 Å². The highest BCUT2D eigenvalue weighted by Gasteiger charge is 2.52. The van der Waals surface area contributed by atoms with Crippen molar-refractivity contribution in [3.63, 3.8) is 0 Å². The smallest absolute Gasteiger partial charge is 0.378 e. The highest BCUT2D eigenvalue weighted by molar-refractivity contribution is 6.10. The number of amides is 1. The van der Waals surface area contributed by atoms with Crippen LogP contribution in [0.5, 0.6) is 0 Å². The monoisotopic (exact) mass is 482 g/mol. The summed E-state index contributed by atoms with van der Waals surface area (Å²) in [5.41, 5.74) is 0.455. The van der Waals surface area contributed by atoms with E-state index in [1.807, 2.05) is 29.8 Å². The molecule has 0 unspecified atom stereocenters. The Hall–Kier alpha value is -3.24. The van der Waals surface area contributed by atoms with Crippen LogP contribution in [0.15, 0.2) is 42.7 Å². The van der Waals surface area contributed by atoms with Crippen LogP contribution in [0.2, 0.25) is 0 Å². The molecule has 1 amide bonds. The van der Waals surface area contributed by atoms with Gasteiger partial charge >= 0.3 is 6.18 Å². The molecule has 0 aliphatic carbocycles. The lowest BCUT2D eigenvalue weighted by Crippen LogP contribution is -2.67. The van der Waals surface area contributed by atoms with Crippen LogP contribution >= 0.6 is 0 Å². The van der Waals surface area contributed by atoms with Crippen LogP contribution in [0.1, 0.15) is 38.4 Å². The lowest BCUT2D eigenvalue weighted by atomic mass is 9.71. The van der Waals surface area contributed by atoms with Gasteiger partial charge in [-0.25, -0.2) is 0 Å². The number of benzene rings is 2. The van der Waals surface area contributed by atoms with E-state index < -0.39 is 23.1 Å². The predicted molar refractivity (Wildman–Crippen MR) is 121 cm³/mol. The molecule has 0 saturated carbocycles. The summed E-state index contributed by atoms with van der Waals surface area (Å²) in [5.74, 6) is 0.353. The summed E-state index contributed by atoms with van der Waals surface area (Å²) in [7, 11) is 1.89. The Labute approximate surface area is 200 Å². The van der Waals surface area contributed by atoms with E-state index in [0.29, 0.717) is 38.0 Å². The Balaban J connectivity index is 1.37. The molecule has 0 atom stereocenters. The standard InChI is InChI=1S/C25H23F3N5O2/c1-15-6-19-20(21(7-15)25(26,27)28)9-33(22(19)34)17-5-3-4-16(8-17)24(23-30-29-14-31(23)2)12-32(13-24)18-10-35-11-18/h3-8,14,18H,1,9-13H2,2H3. The quantitative estimate of drug-likeness (QED) is 0.572. The fourth-order valence-electron chi connectivity index (χ4n) is 5.41. The first-order valence-electron chi connectivity index (χ1n) is 11.3. The van der Waals surface area contributed by atoms with Crippen molar-refractivity contribution in [2.45, 2.75) is 24.2 Å². The van der Waals surface area contributed by atoms with Gasteiger partial charge in [0, 0.05) is 31.4 Å². The molecule has 0 bridgehead atoms. The Bertz CT molecular complexity index is 1320. The highest BCUT2D eigenvalue weighted by Crippen LogP contribution is 2.44. The Kier molecular flexibility index (Phi) is 4.85.